The van der Waals surface area contributed by atoms with Crippen molar-refractivity contribution >= 4 is 28.1 Å². The molecule has 1 heterocycles. The van der Waals surface area contributed by atoms with Crippen molar-refractivity contribution in [1.82, 2.24) is 4.98 Å². The van der Waals surface area contributed by atoms with E-state index >= 15 is 0 Å². The van der Waals surface area contributed by atoms with E-state index in [1.54, 1.807) is 26.0 Å². The second kappa shape index (κ2) is 4.73. The summed E-state index contributed by atoms with van der Waals surface area (Å²) in [5, 5.41) is 12.1. The highest BCUT2D eigenvalue weighted by molar-refractivity contribution is 7.15. The van der Waals surface area contributed by atoms with E-state index in [9.17, 15) is 9.18 Å². The maximum atomic E-state index is 13.6. The summed E-state index contributed by atoms with van der Waals surface area (Å²) in [7, 11) is 0. The fourth-order valence-electron chi connectivity index (χ4n) is 1.55. The van der Waals surface area contributed by atoms with Gasteiger partial charge in [0, 0.05) is 4.88 Å². The number of carboxylic acid groups (broad SMARTS) is 1. The molecule has 2 aromatic rings. The Morgan fingerprint density at radius 2 is 2.17 bits per heavy atom. The maximum Gasteiger partial charge on any atom is 0.355 e. The number of anilines is 2. The van der Waals surface area contributed by atoms with Crippen LogP contribution in [0.3, 0.4) is 0 Å². The Bertz CT molecular complexity index is 590. The molecule has 94 valence electrons. The van der Waals surface area contributed by atoms with Crippen LogP contribution in [0.2, 0.25) is 0 Å². The van der Waals surface area contributed by atoms with Gasteiger partial charge < -0.3 is 10.4 Å². The van der Waals surface area contributed by atoms with E-state index in [4.69, 9.17) is 5.11 Å². The molecule has 1 aromatic heterocycles. The lowest BCUT2D eigenvalue weighted by atomic mass is 10.2. The zero-order valence-corrected chi connectivity index (χ0v) is 10.6. The van der Waals surface area contributed by atoms with Gasteiger partial charge >= 0.3 is 5.97 Å². The standard InChI is InChI=1S/C12H11FN2O2S/c1-6-4-3-5-8(13)9(6)14-12-15-10(11(16)17)7(2)18-12/h3-5H,1-2H3,(H,14,15)(H,16,17). The minimum Gasteiger partial charge on any atom is -0.476 e. The highest BCUT2D eigenvalue weighted by atomic mass is 32.1. The number of nitrogens with zero attached hydrogens (tertiary/aromatic N) is 1. The van der Waals surface area contributed by atoms with E-state index in [1.807, 2.05) is 0 Å². The van der Waals surface area contributed by atoms with Gasteiger partial charge in [-0.1, -0.05) is 12.1 Å². The van der Waals surface area contributed by atoms with Crippen molar-refractivity contribution in [2.24, 2.45) is 0 Å². The third kappa shape index (κ3) is 2.33. The summed E-state index contributed by atoms with van der Waals surface area (Å²) < 4.78 is 13.6. The van der Waals surface area contributed by atoms with E-state index in [0.717, 1.165) is 5.56 Å². The van der Waals surface area contributed by atoms with E-state index in [-0.39, 0.29) is 11.5 Å². The summed E-state index contributed by atoms with van der Waals surface area (Å²) in [6.45, 7) is 3.44. The van der Waals surface area contributed by atoms with Gasteiger partial charge in [0.05, 0.1) is 5.69 Å². The largest absolute Gasteiger partial charge is 0.476 e. The van der Waals surface area contributed by atoms with Crippen molar-refractivity contribution in [2.45, 2.75) is 13.8 Å². The molecule has 6 heteroatoms. The third-order valence-corrected chi connectivity index (χ3v) is 3.34. The van der Waals surface area contributed by atoms with E-state index in [1.165, 1.54) is 17.4 Å². The molecular weight excluding hydrogens is 255 g/mol. The summed E-state index contributed by atoms with van der Waals surface area (Å²) >= 11 is 1.19. The summed E-state index contributed by atoms with van der Waals surface area (Å²) in [5.74, 6) is -1.47. The van der Waals surface area contributed by atoms with Crippen molar-refractivity contribution < 1.29 is 14.3 Å². The fourth-order valence-corrected chi connectivity index (χ4v) is 2.36. The van der Waals surface area contributed by atoms with Crippen LogP contribution in [0, 0.1) is 19.7 Å². The van der Waals surface area contributed by atoms with Crippen LogP contribution in [0.5, 0.6) is 0 Å². The van der Waals surface area contributed by atoms with E-state index in [0.29, 0.717) is 15.7 Å². The quantitative estimate of drug-likeness (QED) is 0.894. The van der Waals surface area contributed by atoms with Crippen LogP contribution in [0.1, 0.15) is 20.9 Å². The Hall–Kier alpha value is -1.95. The number of benzene rings is 1. The molecule has 18 heavy (non-hydrogen) atoms. The number of aromatic carboxylic acids is 1. The van der Waals surface area contributed by atoms with Gasteiger partial charge in [-0.05, 0) is 25.5 Å². The van der Waals surface area contributed by atoms with Gasteiger partial charge in [0.15, 0.2) is 10.8 Å². The van der Waals surface area contributed by atoms with Crippen molar-refractivity contribution in [3.8, 4) is 0 Å². The molecule has 0 saturated heterocycles. The highest BCUT2D eigenvalue weighted by Gasteiger charge is 2.15. The minimum absolute atomic E-state index is 0.00325. The van der Waals surface area contributed by atoms with Crippen LogP contribution >= 0.6 is 11.3 Å². The summed E-state index contributed by atoms with van der Waals surface area (Å²) in [6.07, 6.45) is 0. The van der Waals surface area contributed by atoms with Gasteiger partial charge in [-0.3, -0.25) is 0 Å². The first-order valence-corrected chi connectivity index (χ1v) is 6.03. The van der Waals surface area contributed by atoms with Gasteiger partial charge in [-0.15, -0.1) is 11.3 Å². The molecule has 0 aliphatic carbocycles. The molecule has 0 atom stereocenters. The number of hydrogen-bond donors (Lipinski definition) is 2. The normalized spacial score (nSPS) is 10.4. The Labute approximate surface area is 107 Å². The summed E-state index contributed by atoms with van der Waals surface area (Å²) in [5.41, 5.74) is 1.06. The molecule has 0 aliphatic heterocycles. The fraction of sp³-hybridized carbons (Fsp3) is 0.167. The minimum atomic E-state index is -1.08. The van der Waals surface area contributed by atoms with Crippen LogP contribution in [0.25, 0.3) is 0 Å². The van der Waals surface area contributed by atoms with Crippen molar-refractivity contribution in [1.29, 1.82) is 0 Å². The Kier molecular flexibility index (Phi) is 3.29. The highest BCUT2D eigenvalue weighted by Crippen LogP contribution is 2.28. The van der Waals surface area contributed by atoms with Gasteiger partial charge in [0.1, 0.15) is 5.82 Å². The number of halogens is 1. The van der Waals surface area contributed by atoms with Crippen LogP contribution in [-0.4, -0.2) is 16.1 Å². The Balaban J connectivity index is 2.35. The number of thiazole rings is 1. The molecule has 0 amide bonds. The molecule has 0 radical (unpaired) electrons. The topological polar surface area (TPSA) is 62.2 Å². The van der Waals surface area contributed by atoms with Crippen molar-refractivity contribution in [3.05, 3.63) is 40.2 Å². The lowest BCUT2D eigenvalue weighted by Gasteiger charge is -2.07. The van der Waals surface area contributed by atoms with Crippen LogP contribution in [-0.2, 0) is 0 Å². The van der Waals surface area contributed by atoms with Gasteiger partial charge in [-0.25, -0.2) is 14.2 Å². The van der Waals surface area contributed by atoms with Crippen molar-refractivity contribution in [2.75, 3.05) is 5.32 Å². The Morgan fingerprint density at radius 1 is 1.44 bits per heavy atom. The zero-order valence-electron chi connectivity index (χ0n) is 9.82. The van der Waals surface area contributed by atoms with Crippen LogP contribution in [0.15, 0.2) is 18.2 Å². The first kappa shape index (κ1) is 12.5. The molecular formula is C12H11FN2O2S. The van der Waals surface area contributed by atoms with Gasteiger partial charge in [0.2, 0.25) is 0 Å². The predicted octanol–water partition coefficient (Wildman–Crippen LogP) is 3.34. The number of hydrogen-bond acceptors (Lipinski definition) is 4. The van der Waals surface area contributed by atoms with E-state index in [2.05, 4.69) is 10.3 Å². The van der Waals surface area contributed by atoms with E-state index < -0.39 is 5.97 Å². The lowest BCUT2D eigenvalue weighted by Crippen LogP contribution is -2.00. The number of aryl methyl sites for hydroxylation is 2. The molecule has 4 nitrogen and oxygen atoms in total. The molecule has 0 saturated carbocycles. The smallest absolute Gasteiger partial charge is 0.355 e. The number of carbonyl (C=O) groups is 1. The number of nitrogens with one attached hydrogen (secondary N) is 1. The van der Waals surface area contributed by atoms with Crippen molar-refractivity contribution in [3.63, 3.8) is 0 Å². The first-order valence-electron chi connectivity index (χ1n) is 5.22. The number of rotatable bonds is 3. The van der Waals surface area contributed by atoms with Gasteiger partial charge in [0.25, 0.3) is 0 Å². The molecule has 0 aliphatic rings. The molecule has 1 aromatic carbocycles. The maximum absolute atomic E-state index is 13.6. The van der Waals surface area contributed by atoms with Gasteiger partial charge in [-0.2, -0.15) is 0 Å². The molecule has 0 spiro atoms. The first-order chi connectivity index (χ1) is 8.49. The number of carboxylic acids is 1. The van der Waals surface area contributed by atoms with Crippen LogP contribution in [0.4, 0.5) is 15.2 Å². The van der Waals surface area contributed by atoms with Crippen LogP contribution < -0.4 is 5.32 Å². The Morgan fingerprint density at radius 3 is 2.72 bits per heavy atom. The second-order valence-corrected chi connectivity index (χ2v) is 4.99. The molecule has 2 N–H and O–H groups in total. The monoisotopic (exact) mass is 266 g/mol. The predicted molar refractivity (Wildman–Crippen MR) is 68.2 cm³/mol. The molecule has 0 unspecified atom stereocenters. The molecule has 0 fully saturated rings. The second-order valence-electron chi connectivity index (χ2n) is 3.79. The number of aromatic nitrogens is 1. The summed E-state index contributed by atoms with van der Waals surface area (Å²) in [4.78, 5) is 15.4. The average Bonchev–Trinajstić information content (AvgIpc) is 2.65. The third-order valence-electron chi connectivity index (χ3n) is 2.45. The number of para-hydroxylation sites is 1. The summed E-state index contributed by atoms with van der Waals surface area (Å²) in [6, 6.07) is 4.73. The molecule has 0 bridgehead atoms. The zero-order chi connectivity index (χ0) is 13.3. The molecule has 2 rings (SSSR count). The average molecular weight is 266 g/mol. The SMILES string of the molecule is Cc1cccc(F)c1Nc1nc(C(=O)O)c(C)s1. The lowest BCUT2D eigenvalue weighted by molar-refractivity contribution is 0.0690.